The van der Waals surface area contributed by atoms with Crippen molar-refractivity contribution in [2.45, 2.75) is 24.0 Å². The SMILES string of the molecule is CC(C)c1ccc(C(=O)CSc2cccs2)cc1. The van der Waals surface area contributed by atoms with E-state index in [9.17, 15) is 4.79 Å². The molecule has 0 atom stereocenters. The average Bonchev–Trinajstić information content (AvgIpc) is 2.89. The Kier molecular flexibility index (Phi) is 4.61. The van der Waals surface area contributed by atoms with E-state index < -0.39 is 0 Å². The van der Waals surface area contributed by atoms with Crippen LogP contribution >= 0.6 is 23.1 Å². The molecule has 94 valence electrons. The Morgan fingerprint density at radius 3 is 2.50 bits per heavy atom. The number of ketones is 1. The normalized spacial score (nSPS) is 10.8. The second-order valence-corrected chi connectivity index (χ2v) is 6.64. The minimum absolute atomic E-state index is 0.198. The van der Waals surface area contributed by atoms with E-state index in [-0.39, 0.29) is 5.78 Å². The largest absolute Gasteiger partial charge is 0.293 e. The molecular formula is C15H16OS2. The van der Waals surface area contributed by atoms with Crippen LogP contribution in [0, 0.1) is 0 Å². The minimum atomic E-state index is 0.198. The number of Topliss-reactive ketones (excluding diaryl/α,β-unsaturated/α-hetero) is 1. The molecule has 2 aromatic rings. The van der Waals surface area contributed by atoms with Gasteiger partial charge in [-0.25, -0.2) is 0 Å². The van der Waals surface area contributed by atoms with Crippen LogP contribution in [0.25, 0.3) is 0 Å². The van der Waals surface area contributed by atoms with Gasteiger partial charge >= 0.3 is 0 Å². The van der Waals surface area contributed by atoms with Gasteiger partial charge in [0.05, 0.1) is 9.96 Å². The molecule has 1 nitrogen and oxygen atoms in total. The van der Waals surface area contributed by atoms with Crippen LogP contribution in [0.2, 0.25) is 0 Å². The van der Waals surface area contributed by atoms with Crippen LogP contribution in [0.4, 0.5) is 0 Å². The first kappa shape index (κ1) is 13.4. The molecule has 0 fully saturated rings. The van der Waals surface area contributed by atoms with E-state index >= 15 is 0 Å². The third-order valence-corrected chi connectivity index (χ3v) is 4.87. The summed E-state index contributed by atoms with van der Waals surface area (Å²) in [6.45, 7) is 4.31. The highest BCUT2D eigenvalue weighted by molar-refractivity contribution is 8.01. The first-order chi connectivity index (χ1) is 8.66. The van der Waals surface area contributed by atoms with Crippen LogP contribution < -0.4 is 0 Å². The zero-order valence-electron chi connectivity index (χ0n) is 10.6. The number of hydrogen-bond acceptors (Lipinski definition) is 3. The van der Waals surface area contributed by atoms with E-state index in [0.717, 1.165) is 5.56 Å². The lowest BCUT2D eigenvalue weighted by molar-refractivity contribution is 0.102. The van der Waals surface area contributed by atoms with Crippen LogP contribution in [0.5, 0.6) is 0 Å². The van der Waals surface area contributed by atoms with Gasteiger partial charge in [-0.05, 0) is 22.9 Å². The van der Waals surface area contributed by atoms with Crippen molar-refractivity contribution in [2.24, 2.45) is 0 Å². The predicted octanol–water partition coefficient (Wildman–Crippen LogP) is 4.85. The molecule has 0 amide bonds. The fraction of sp³-hybridized carbons (Fsp3) is 0.267. The zero-order chi connectivity index (χ0) is 13.0. The number of benzene rings is 1. The van der Waals surface area contributed by atoms with Gasteiger partial charge in [0.25, 0.3) is 0 Å². The molecule has 0 spiro atoms. The standard InChI is InChI=1S/C15H16OS2/c1-11(2)12-5-7-13(8-6-12)14(16)10-18-15-4-3-9-17-15/h3-9,11H,10H2,1-2H3. The molecule has 3 heteroatoms. The molecule has 0 unspecified atom stereocenters. The summed E-state index contributed by atoms with van der Waals surface area (Å²) in [5, 5.41) is 2.03. The van der Waals surface area contributed by atoms with Gasteiger partial charge in [-0.3, -0.25) is 4.79 Å². The molecule has 1 aromatic carbocycles. The highest BCUT2D eigenvalue weighted by atomic mass is 32.2. The molecular weight excluding hydrogens is 260 g/mol. The quantitative estimate of drug-likeness (QED) is 0.574. The molecule has 0 radical (unpaired) electrons. The summed E-state index contributed by atoms with van der Waals surface area (Å²) < 4.78 is 1.20. The van der Waals surface area contributed by atoms with E-state index in [1.807, 2.05) is 41.8 Å². The molecule has 0 aliphatic heterocycles. The predicted molar refractivity (Wildman–Crippen MR) is 79.9 cm³/mol. The highest BCUT2D eigenvalue weighted by Crippen LogP contribution is 2.24. The lowest BCUT2D eigenvalue weighted by Gasteiger charge is -2.06. The fourth-order valence-corrected chi connectivity index (χ4v) is 3.30. The van der Waals surface area contributed by atoms with Crippen LogP contribution in [0.1, 0.15) is 35.7 Å². The van der Waals surface area contributed by atoms with Crippen molar-refractivity contribution in [2.75, 3.05) is 5.75 Å². The van der Waals surface area contributed by atoms with Gasteiger partial charge in [0.1, 0.15) is 0 Å². The number of rotatable bonds is 5. The highest BCUT2D eigenvalue weighted by Gasteiger charge is 2.07. The number of thiophene rings is 1. The lowest BCUT2D eigenvalue weighted by atomic mass is 10.0. The molecule has 0 saturated heterocycles. The van der Waals surface area contributed by atoms with Crippen molar-refractivity contribution in [3.63, 3.8) is 0 Å². The maximum atomic E-state index is 12.0. The lowest BCUT2D eigenvalue weighted by Crippen LogP contribution is -2.02. The number of hydrogen-bond donors (Lipinski definition) is 0. The van der Waals surface area contributed by atoms with Gasteiger partial charge in [-0.15, -0.1) is 23.1 Å². The Morgan fingerprint density at radius 2 is 1.94 bits per heavy atom. The van der Waals surface area contributed by atoms with E-state index in [0.29, 0.717) is 11.7 Å². The smallest absolute Gasteiger partial charge is 0.173 e. The van der Waals surface area contributed by atoms with Gasteiger partial charge in [-0.1, -0.05) is 44.2 Å². The van der Waals surface area contributed by atoms with Crippen LogP contribution in [0.15, 0.2) is 46.0 Å². The minimum Gasteiger partial charge on any atom is -0.293 e. The molecule has 0 aliphatic rings. The maximum absolute atomic E-state index is 12.0. The molecule has 2 rings (SSSR count). The Bertz CT molecular complexity index is 498. The van der Waals surface area contributed by atoms with Gasteiger partial charge in [-0.2, -0.15) is 0 Å². The van der Waals surface area contributed by atoms with Crippen molar-refractivity contribution >= 4 is 28.9 Å². The number of thioether (sulfide) groups is 1. The molecule has 1 aromatic heterocycles. The number of carbonyl (C=O) groups excluding carboxylic acids is 1. The zero-order valence-corrected chi connectivity index (χ0v) is 12.2. The Balaban J connectivity index is 1.96. The summed E-state index contributed by atoms with van der Waals surface area (Å²) in [6.07, 6.45) is 0. The fourth-order valence-electron chi connectivity index (χ4n) is 1.62. The monoisotopic (exact) mass is 276 g/mol. The van der Waals surface area contributed by atoms with Crippen molar-refractivity contribution in [3.05, 3.63) is 52.9 Å². The Morgan fingerprint density at radius 1 is 1.22 bits per heavy atom. The number of carbonyl (C=O) groups is 1. The van der Waals surface area contributed by atoms with Gasteiger partial charge < -0.3 is 0 Å². The summed E-state index contributed by atoms with van der Waals surface area (Å²) in [4.78, 5) is 12.0. The van der Waals surface area contributed by atoms with Crippen molar-refractivity contribution in [1.29, 1.82) is 0 Å². The Hall–Kier alpha value is -1.06. The van der Waals surface area contributed by atoms with E-state index in [4.69, 9.17) is 0 Å². The molecule has 0 bridgehead atoms. The molecule has 18 heavy (non-hydrogen) atoms. The van der Waals surface area contributed by atoms with Crippen LogP contribution in [-0.2, 0) is 0 Å². The molecule has 0 aliphatic carbocycles. The van der Waals surface area contributed by atoms with Gasteiger partial charge in [0, 0.05) is 5.56 Å². The van der Waals surface area contributed by atoms with E-state index in [1.165, 1.54) is 9.77 Å². The van der Waals surface area contributed by atoms with Crippen molar-refractivity contribution in [1.82, 2.24) is 0 Å². The third-order valence-electron chi connectivity index (χ3n) is 2.74. The van der Waals surface area contributed by atoms with Gasteiger partial charge in [0.15, 0.2) is 5.78 Å². The van der Waals surface area contributed by atoms with E-state index in [2.05, 4.69) is 13.8 Å². The topological polar surface area (TPSA) is 17.1 Å². The first-order valence-corrected chi connectivity index (χ1v) is 7.83. The summed E-state index contributed by atoms with van der Waals surface area (Å²) >= 11 is 3.29. The second-order valence-electron chi connectivity index (χ2n) is 4.42. The van der Waals surface area contributed by atoms with Crippen molar-refractivity contribution in [3.8, 4) is 0 Å². The first-order valence-electron chi connectivity index (χ1n) is 5.96. The summed E-state index contributed by atoms with van der Waals surface area (Å²) in [7, 11) is 0. The maximum Gasteiger partial charge on any atom is 0.173 e. The average molecular weight is 276 g/mol. The third kappa shape index (κ3) is 3.47. The molecule has 1 heterocycles. The van der Waals surface area contributed by atoms with Gasteiger partial charge in [0.2, 0.25) is 0 Å². The second kappa shape index (κ2) is 6.21. The molecule has 0 saturated carbocycles. The van der Waals surface area contributed by atoms with Crippen LogP contribution in [0.3, 0.4) is 0 Å². The summed E-state index contributed by atoms with van der Waals surface area (Å²) in [5.41, 5.74) is 2.08. The summed E-state index contributed by atoms with van der Waals surface area (Å²) in [5.74, 6) is 1.22. The van der Waals surface area contributed by atoms with Crippen LogP contribution in [-0.4, -0.2) is 11.5 Å². The van der Waals surface area contributed by atoms with Crippen molar-refractivity contribution < 1.29 is 4.79 Å². The Labute approximate surface area is 116 Å². The summed E-state index contributed by atoms with van der Waals surface area (Å²) in [6, 6.07) is 12.0. The molecule has 0 N–H and O–H groups in total. The van der Waals surface area contributed by atoms with E-state index in [1.54, 1.807) is 23.1 Å².